The normalized spacial score (nSPS) is 14.7. The van der Waals surface area contributed by atoms with Crippen molar-refractivity contribution < 1.29 is 10.2 Å². The summed E-state index contributed by atoms with van der Waals surface area (Å²) >= 11 is 0. The minimum absolute atomic E-state index is 0.0169. The van der Waals surface area contributed by atoms with Gasteiger partial charge in [0.25, 0.3) is 0 Å². The van der Waals surface area contributed by atoms with E-state index in [9.17, 15) is 10.2 Å². The van der Waals surface area contributed by atoms with Crippen LogP contribution in [0.3, 0.4) is 0 Å². The van der Waals surface area contributed by atoms with Gasteiger partial charge in [-0.25, -0.2) is 0 Å². The van der Waals surface area contributed by atoms with Crippen LogP contribution in [0.5, 0.6) is 0 Å². The van der Waals surface area contributed by atoms with Crippen molar-refractivity contribution in [3.8, 4) is 0 Å². The predicted octanol–water partition coefficient (Wildman–Crippen LogP) is 4.53. The highest BCUT2D eigenvalue weighted by Crippen LogP contribution is 2.12. The van der Waals surface area contributed by atoms with Crippen LogP contribution in [-0.2, 0) is 0 Å². The van der Waals surface area contributed by atoms with E-state index in [1.807, 2.05) is 25.1 Å². The molecule has 0 bridgehead atoms. The van der Waals surface area contributed by atoms with Crippen LogP contribution in [0.1, 0.15) is 84.0 Å². The Kier molecular flexibility index (Phi) is 16.2. The number of hydrogen-bond donors (Lipinski definition) is 2. The molecule has 0 fully saturated rings. The molecule has 23 heavy (non-hydrogen) atoms. The van der Waals surface area contributed by atoms with Crippen LogP contribution in [0.15, 0.2) is 12.2 Å². The second kappa shape index (κ2) is 16.5. The van der Waals surface area contributed by atoms with Gasteiger partial charge in [0.2, 0.25) is 0 Å². The summed E-state index contributed by atoms with van der Waals surface area (Å²) in [6, 6.07) is -0.205. The highest BCUT2D eigenvalue weighted by Gasteiger charge is 2.17. The largest absolute Gasteiger partial charge is 0.395 e. The molecule has 0 aromatic rings. The summed E-state index contributed by atoms with van der Waals surface area (Å²) in [4.78, 5) is 1.86. The zero-order valence-electron chi connectivity index (χ0n) is 15.8. The maximum atomic E-state index is 9.97. The molecule has 3 heteroatoms. The number of unbranched alkanes of at least 4 members (excludes halogenated alkanes) is 11. The Morgan fingerprint density at radius 1 is 0.826 bits per heavy atom. The number of aliphatic hydroxyl groups is 2. The van der Waals surface area contributed by atoms with Gasteiger partial charge < -0.3 is 15.1 Å². The zero-order chi connectivity index (χ0) is 17.3. The van der Waals surface area contributed by atoms with E-state index >= 15 is 0 Å². The van der Waals surface area contributed by atoms with Crippen LogP contribution < -0.4 is 0 Å². The molecular formula is C20H41NO2. The summed E-state index contributed by atoms with van der Waals surface area (Å²) in [6.45, 7) is 2.25. The molecule has 2 N–H and O–H groups in total. The summed E-state index contributed by atoms with van der Waals surface area (Å²) in [6.07, 6.45) is 19.3. The highest BCUT2D eigenvalue weighted by molar-refractivity contribution is 4.94. The molecule has 0 aliphatic carbocycles. The Morgan fingerprint density at radius 3 is 1.74 bits per heavy atom. The first-order chi connectivity index (χ1) is 11.1. The third-order valence-corrected chi connectivity index (χ3v) is 4.55. The van der Waals surface area contributed by atoms with Gasteiger partial charge in [-0.2, -0.15) is 0 Å². The molecule has 0 saturated carbocycles. The van der Waals surface area contributed by atoms with Crippen LogP contribution in [0, 0.1) is 0 Å². The topological polar surface area (TPSA) is 43.7 Å². The van der Waals surface area contributed by atoms with E-state index in [0.717, 1.165) is 6.42 Å². The molecule has 0 unspecified atom stereocenters. The van der Waals surface area contributed by atoms with E-state index in [4.69, 9.17) is 0 Å². The minimum Gasteiger partial charge on any atom is -0.395 e. The lowest BCUT2D eigenvalue weighted by Gasteiger charge is -2.25. The van der Waals surface area contributed by atoms with E-state index < -0.39 is 6.10 Å². The number of likely N-dealkylation sites (N-methyl/N-ethyl adjacent to an activating group) is 1. The van der Waals surface area contributed by atoms with Crippen LogP contribution in [0.4, 0.5) is 0 Å². The number of aliphatic hydroxyl groups excluding tert-OH is 2. The molecule has 138 valence electrons. The number of hydrogen-bond acceptors (Lipinski definition) is 3. The average molecular weight is 328 g/mol. The summed E-state index contributed by atoms with van der Waals surface area (Å²) < 4.78 is 0. The highest BCUT2D eigenvalue weighted by atomic mass is 16.3. The summed E-state index contributed by atoms with van der Waals surface area (Å²) in [7, 11) is 3.75. The smallest absolute Gasteiger partial charge is 0.0898 e. The molecule has 0 rings (SSSR count). The maximum Gasteiger partial charge on any atom is 0.0898 e. The fourth-order valence-corrected chi connectivity index (χ4v) is 2.87. The van der Waals surface area contributed by atoms with E-state index in [0.29, 0.717) is 0 Å². The van der Waals surface area contributed by atoms with Crippen molar-refractivity contribution in [2.24, 2.45) is 0 Å². The quantitative estimate of drug-likeness (QED) is 0.323. The van der Waals surface area contributed by atoms with Crippen molar-refractivity contribution in [1.29, 1.82) is 0 Å². The molecule has 0 aliphatic rings. The second-order valence-corrected chi connectivity index (χ2v) is 6.96. The first-order valence-corrected chi connectivity index (χ1v) is 9.75. The lowest BCUT2D eigenvalue weighted by molar-refractivity contribution is 0.0672. The van der Waals surface area contributed by atoms with E-state index in [2.05, 4.69) is 13.0 Å². The van der Waals surface area contributed by atoms with Crippen molar-refractivity contribution in [3.05, 3.63) is 12.2 Å². The molecule has 2 atom stereocenters. The Bertz CT molecular complexity index is 266. The van der Waals surface area contributed by atoms with Gasteiger partial charge in [-0.1, -0.05) is 83.3 Å². The Balaban J connectivity index is 3.40. The van der Waals surface area contributed by atoms with Gasteiger partial charge in [0.15, 0.2) is 0 Å². The summed E-state index contributed by atoms with van der Waals surface area (Å²) in [5, 5.41) is 19.2. The van der Waals surface area contributed by atoms with Crippen LogP contribution >= 0.6 is 0 Å². The molecule has 0 amide bonds. The van der Waals surface area contributed by atoms with Crippen molar-refractivity contribution in [2.45, 2.75) is 96.1 Å². The zero-order valence-corrected chi connectivity index (χ0v) is 15.8. The number of allylic oxidation sites excluding steroid dienone is 1. The van der Waals surface area contributed by atoms with E-state index in [1.165, 1.54) is 70.6 Å². The van der Waals surface area contributed by atoms with Crippen molar-refractivity contribution in [2.75, 3.05) is 20.7 Å². The van der Waals surface area contributed by atoms with Gasteiger partial charge in [-0.15, -0.1) is 0 Å². The molecule has 0 spiro atoms. The second-order valence-electron chi connectivity index (χ2n) is 6.96. The molecular weight excluding hydrogens is 286 g/mol. The van der Waals surface area contributed by atoms with Gasteiger partial charge in [0, 0.05) is 0 Å². The summed E-state index contributed by atoms with van der Waals surface area (Å²) in [5.74, 6) is 0. The van der Waals surface area contributed by atoms with Crippen molar-refractivity contribution >= 4 is 0 Å². The Hall–Kier alpha value is -0.380. The van der Waals surface area contributed by atoms with Gasteiger partial charge in [0.05, 0.1) is 18.8 Å². The van der Waals surface area contributed by atoms with Gasteiger partial charge >= 0.3 is 0 Å². The van der Waals surface area contributed by atoms with Crippen LogP contribution in [-0.4, -0.2) is 48.0 Å². The molecule has 0 aromatic heterocycles. The lowest BCUT2D eigenvalue weighted by Crippen LogP contribution is -2.40. The fourth-order valence-electron chi connectivity index (χ4n) is 2.87. The minimum atomic E-state index is -0.581. The molecule has 0 heterocycles. The van der Waals surface area contributed by atoms with Crippen LogP contribution in [0.2, 0.25) is 0 Å². The number of rotatable bonds is 16. The standard InChI is InChI=1S/C20H41NO2/c1-4-5-6-7-8-9-10-11-12-13-14-15-16-17-20(23)19(18-22)21(2)3/h16-17,19-20,22-23H,4-15,18H2,1-3H3/t19-,20+/m0/s1. The lowest BCUT2D eigenvalue weighted by atomic mass is 10.0. The first kappa shape index (κ1) is 22.6. The van der Waals surface area contributed by atoms with Crippen molar-refractivity contribution in [3.63, 3.8) is 0 Å². The van der Waals surface area contributed by atoms with E-state index in [-0.39, 0.29) is 12.6 Å². The van der Waals surface area contributed by atoms with Crippen molar-refractivity contribution in [1.82, 2.24) is 4.90 Å². The molecule has 0 saturated heterocycles. The SMILES string of the molecule is CCCCCCCCCCCCCC=C[C@@H](O)[C@H](CO)N(C)C. The molecule has 0 radical (unpaired) electrons. The molecule has 0 aromatic carbocycles. The Morgan fingerprint density at radius 2 is 1.30 bits per heavy atom. The predicted molar refractivity (Wildman–Crippen MR) is 101 cm³/mol. The Labute approximate surface area is 144 Å². The molecule has 0 aliphatic heterocycles. The third kappa shape index (κ3) is 13.7. The molecule has 3 nitrogen and oxygen atoms in total. The fraction of sp³-hybridized carbons (Fsp3) is 0.900. The van der Waals surface area contributed by atoms with E-state index in [1.54, 1.807) is 0 Å². The third-order valence-electron chi connectivity index (χ3n) is 4.55. The maximum absolute atomic E-state index is 9.97. The number of nitrogens with zero attached hydrogens (tertiary/aromatic N) is 1. The first-order valence-electron chi connectivity index (χ1n) is 9.75. The van der Waals surface area contributed by atoms with Gasteiger partial charge in [-0.3, -0.25) is 0 Å². The average Bonchev–Trinajstić information content (AvgIpc) is 2.52. The van der Waals surface area contributed by atoms with Gasteiger partial charge in [0.1, 0.15) is 0 Å². The van der Waals surface area contributed by atoms with Gasteiger partial charge in [-0.05, 0) is 26.9 Å². The van der Waals surface area contributed by atoms with Crippen LogP contribution in [0.25, 0.3) is 0 Å². The summed E-state index contributed by atoms with van der Waals surface area (Å²) in [5.41, 5.74) is 0. The monoisotopic (exact) mass is 327 g/mol.